The molecule has 276 valence electrons. The van der Waals surface area contributed by atoms with Gasteiger partial charge in [0.25, 0.3) is 5.56 Å². The first-order valence-electron chi connectivity index (χ1n) is 17.7. The monoisotopic (exact) mass is 725 g/mol. The van der Waals surface area contributed by atoms with E-state index in [0.29, 0.717) is 58.2 Å². The number of aliphatic hydroxyl groups is 1. The molecule has 0 bridgehead atoms. The van der Waals surface area contributed by atoms with E-state index in [1.165, 1.54) is 10.6 Å². The van der Waals surface area contributed by atoms with Crippen LogP contribution >= 0.6 is 0 Å². The quantitative estimate of drug-likeness (QED) is 0.0906. The minimum atomic E-state index is -2.00. The minimum absolute atomic E-state index is 0.0102. The molecule has 3 amide bonds. The van der Waals surface area contributed by atoms with E-state index >= 15 is 4.39 Å². The zero-order chi connectivity index (χ0) is 37.6. The molecule has 4 aromatic rings. The van der Waals surface area contributed by atoms with E-state index in [2.05, 4.69) is 16.0 Å². The predicted octanol–water partition coefficient (Wildman–Crippen LogP) is 2.72. The normalized spacial score (nSPS) is 18.7. The van der Waals surface area contributed by atoms with Crippen molar-refractivity contribution in [1.82, 2.24) is 25.5 Å². The van der Waals surface area contributed by atoms with E-state index in [0.717, 1.165) is 11.1 Å². The van der Waals surface area contributed by atoms with E-state index in [9.17, 15) is 29.1 Å². The van der Waals surface area contributed by atoms with Crippen LogP contribution in [0.25, 0.3) is 22.3 Å². The Bertz CT molecular complexity index is 2240. The van der Waals surface area contributed by atoms with Crippen molar-refractivity contribution in [3.05, 3.63) is 97.6 Å². The van der Waals surface area contributed by atoms with Gasteiger partial charge in [0.1, 0.15) is 25.8 Å². The number of hydrogen-bond acceptors (Lipinski definition) is 9. The summed E-state index contributed by atoms with van der Waals surface area (Å²) in [5, 5.41) is 20.2. The van der Waals surface area contributed by atoms with Gasteiger partial charge in [-0.1, -0.05) is 44.2 Å². The summed E-state index contributed by atoms with van der Waals surface area (Å²) < 4.78 is 27.4. The lowest BCUT2D eigenvalue weighted by molar-refractivity contribution is -0.172. The molecule has 0 fully saturated rings. The van der Waals surface area contributed by atoms with Crippen molar-refractivity contribution in [2.75, 3.05) is 19.9 Å². The second-order valence-corrected chi connectivity index (χ2v) is 13.9. The van der Waals surface area contributed by atoms with Gasteiger partial charge in [-0.25, -0.2) is 14.2 Å². The van der Waals surface area contributed by atoms with Gasteiger partial charge in [0.05, 0.1) is 41.6 Å². The Balaban J connectivity index is 1.05. The van der Waals surface area contributed by atoms with E-state index in [4.69, 9.17) is 14.5 Å². The van der Waals surface area contributed by atoms with E-state index < -0.39 is 40.8 Å². The average molecular weight is 726 g/mol. The van der Waals surface area contributed by atoms with Crippen LogP contribution in [0, 0.1) is 18.7 Å². The van der Waals surface area contributed by atoms with Crippen LogP contribution in [0.4, 0.5) is 4.39 Å². The van der Waals surface area contributed by atoms with Gasteiger partial charge in [-0.2, -0.15) is 0 Å². The zero-order valence-electron chi connectivity index (χ0n) is 29.6. The highest BCUT2D eigenvalue weighted by atomic mass is 19.1. The Kier molecular flexibility index (Phi) is 9.60. The predicted molar refractivity (Wildman–Crippen MR) is 190 cm³/mol. The molecule has 7 rings (SSSR count). The van der Waals surface area contributed by atoms with Crippen LogP contribution in [-0.2, 0) is 60.2 Å². The lowest BCUT2D eigenvalue weighted by Crippen LogP contribution is -2.44. The Hall–Kier alpha value is -5.47. The number of fused-ring (bicyclic) bond motifs is 5. The van der Waals surface area contributed by atoms with Crippen molar-refractivity contribution in [2.45, 2.75) is 71.2 Å². The fourth-order valence-corrected chi connectivity index (χ4v) is 7.67. The Morgan fingerprint density at radius 3 is 2.64 bits per heavy atom. The van der Waals surface area contributed by atoms with Crippen LogP contribution in [-0.4, -0.2) is 58.2 Å². The van der Waals surface area contributed by atoms with Crippen molar-refractivity contribution in [3.8, 4) is 11.4 Å². The molecule has 0 radical (unpaired) electrons. The lowest BCUT2D eigenvalue weighted by atomic mass is 9.81. The zero-order valence-corrected chi connectivity index (χ0v) is 29.6. The van der Waals surface area contributed by atoms with Crippen molar-refractivity contribution in [1.29, 1.82) is 0 Å². The van der Waals surface area contributed by atoms with Crippen molar-refractivity contribution in [3.63, 3.8) is 0 Å². The number of esters is 1. The Morgan fingerprint density at radius 2 is 1.89 bits per heavy atom. The second-order valence-electron chi connectivity index (χ2n) is 13.9. The number of aryl methyl sites for hydroxylation is 1. The smallest absolute Gasteiger partial charge is 0.343 e. The summed E-state index contributed by atoms with van der Waals surface area (Å²) in [5.74, 6) is -2.78. The van der Waals surface area contributed by atoms with E-state index in [1.807, 2.05) is 30.3 Å². The van der Waals surface area contributed by atoms with Gasteiger partial charge < -0.3 is 35.1 Å². The highest BCUT2D eigenvalue weighted by Crippen LogP contribution is 2.46. The van der Waals surface area contributed by atoms with Crippen LogP contribution in [0.2, 0.25) is 0 Å². The standard InChI is InChI=1S/C39H40FN5O8/c1-4-39(51)26-13-30-35-24(16-45(30)37(49)25(26)17-53-38(39)50)34-28(11-10-23-21(3)27(40)14-29(44-35)33(23)34)43-32(47)18-52-19-42-31(46)15-41-36(48)20(2)12-22-8-6-5-7-9-22/h5-9,13-14,20,28,51H,4,10-12,15-19H2,1-3H3,(H,41,48)(H,42,46)(H,43,47)/t20-,28-,39-/m0/s1. The summed E-state index contributed by atoms with van der Waals surface area (Å²) in [6, 6.07) is 12.0. The minimum Gasteiger partial charge on any atom is -0.458 e. The SMILES string of the molecule is CC[C@@]1(O)C(=O)OCc2c1cc1n(c2=O)Cc2c-1nc1cc(F)c(C)c3c1c2[C@@H](NC(=O)COCNC(=O)CNC(=O)[C@@H](C)Cc1ccccc1)CC3. The molecule has 0 saturated carbocycles. The number of rotatable bonds is 11. The molecule has 3 aliphatic rings. The number of pyridine rings is 2. The number of nitrogens with zero attached hydrogens (tertiary/aromatic N) is 2. The third-order valence-corrected chi connectivity index (χ3v) is 10.6. The summed E-state index contributed by atoms with van der Waals surface area (Å²) in [4.78, 5) is 69.3. The number of ether oxygens (including phenoxy) is 2. The number of cyclic esters (lactones) is 1. The summed E-state index contributed by atoms with van der Waals surface area (Å²) in [6.07, 6.45) is 1.43. The molecule has 2 aromatic carbocycles. The van der Waals surface area contributed by atoms with E-state index in [-0.39, 0.29) is 62.4 Å². The Labute approximate surface area is 303 Å². The molecule has 3 atom stereocenters. The molecular weight excluding hydrogens is 685 g/mol. The molecule has 0 unspecified atom stereocenters. The summed E-state index contributed by atoms with van der Waals surface area (Å²) in [6.45, 7) is 4.07. The topological polar surface area (TPSA) is 178 Å². The van der Waals surface area contributed by atoms with Gasteiger partial charge in [0.15, 0.2) is 5.60 Å². The Morgan fingerprint density at radius 1 is 1.11 bits per heavy atom. The van der Waals surface area contributed by atoms with Gasteiger partial charge in [0.2, 0.25) is 17.7 Å². The lowest BCUT2D eigenvalue weighted by Gasteiger charge is -2.31. The number of amides is 3. The highest BCUT2D eigenvalue weighted by molar-refractivity contribution is 5.94. The van der Waals surface area contributed by atoms with Crippen molar-refractivity contribution in [2.24, 2.45) is 5.92 Å². The first-order chi connectivity index (χ1) is 25.4. The second kappa shape index (κ2) is 14.2. The number of benzene rings is 2. The average Bonchev–Trinajstić information content (AvgIpc) is 3.52. The highest BCUT2D eigenvalue weighted by Gasteiger charge is 2.46. The molecule has 4 heterocycles. The van der Waals surface area contributed by atoms with Gasteiger partial charge >= 0.3 is 5.97 Å². The first-order valence-corrected chi connectivity index (χ1v) is 17.7. The van der Waals surface area contributed by atoms with Crippen molar-refractivity contribution < 1.29 is 38.1 Å². The molecule has 0 spiro atoms. The number of nitrogens with one attached hydrogen (secondary N) is 3. The maximum Gasteiger partial charge on any atom is 0.343 e. The van der Waals surface area contributed by atoms with Crippen molar-refractivity contribution >= 4 is 34.6 Å². The molecule has 14 heteroatoms. The first kappa shape index (κ1) is 35.9. The van der Waals surface area contributed by atoms with Crippen LogP contribution in [0.1, 0.15) is 71.7 Å². The number of carbonyl (C=O) groups is 4. The molecule has 13 nitrogen and oxygen atoms in total. The number of halogens is 1. The maximum absolute atomic E-state index is 15.2. The van der Waals surface area contributed by atoms with Gasteiger partial charge in [-0.3, -0.25) is 19.2 Å². The molecular formula is C39H40FN5O8. The summed E-state index contributed by atoms with van der Waals surface area (Å²) >= 11 is 0. The third-order valence-electron chi connectivity index (χ3n) is 10.6. The van der Waals surface area contributed by atoms with Crippen LogP contribution < -0.4 is 21.5 Å². The summed E-state index contributed by atoms with van der Waals surface area (Å²) in [7, 11) is 0. The van der Waals surface area contributed by atoms with E-state index in [1.54, 1.807) is 26.8 Å². The molecule has 53 heavy (non-hydrogen) atoms. The van der Waals surface area contributed by atoms with Crippen LogP contribution in [0.5, 0.6) is 0 Å². The molecule has 2 aliphatic heterocycles. The fourth-order valence-electron chi connectivity index (χ4n) is 7.67. The van der Waals surface area contributed by atoms with Crippen LogP contribution in [0.15, 0.2) is 47.3 Å². The van der Waals surface area contributed by atoms with Gasteiger partial charge in [-0.05, 0) is 60.9 Å². The van der Waals surface area contributed by atoms with Crippen LogP contribution in [0.3, 0.4) is 0 Å². The van der Waals surface area contributed by atoms with Gasteiger partial charge in [0, 0.05) is 28.5 Å². The molecule has 0 saturated heterocycles. The summed E-state index contributed by atoms with van der Waals surface area (Å²) in [5.41, 5.74) is 2.73. The molecule has 4 N–H and O–H groups in total. The number of aromatic nitrogens is 2. The largest absolute Gasteiger partial charge is 0.458 e. The fraction of sp³-hybridized carbons (Fsp3) is 0.385. The number of carbonyl (C=O) groups excluding carboxylic acids is 4. The van der Waals surface area contributed by atoms with Gasteiger partial charge in [-0.15, -0.1) is 0 Å². The molecule has 1 aliphatic carbocycles. The third kappa shape index (κ3) is 6.46. The maximum atomic E-state index is 15.2. The molecule has 2 aromatic heterocycles. The number of hydrogen-bond donors (Lipinski definition) is 4.